The maximum absolute atomic E-state index is 13.1. The topological polar surface area (TPSA) is 99.0 Å². The van der Waals surface area contributed by atoms with Gasteiger partial charge in [-0.25, -0.2) is 15.0 Å². The van der Waals surface area contributed by atoms with Crippen LogP contribution in [-0.4, -0.2) is 38.3 Å². The van der Waals surface area contributed by atoms with E-state index in [9.17, 15) is 9.59 Å². The van der Waals surface area contributed by atoms with E-state index in [1.807, 2.05) is 43.3 Å². The van der Waals surface area contributed by atoms with E-state index in [-0.39, 0.29) is 28.4 Å². The zero-order chi connectivity index (χ0) is 22.5. The smallest absolute Gasteiger partial charge is 0.282 e. The maximum Gasteiger partial charge on any atom is 0.282 e. The molecule has 0 saturated carbocycles. The number of hydrogen-bond acceptors (Lipinski definition) is 7. The molecule has 1 N–H and O–H groups in total. The first-order valence-electron chi connectivity index (χ1n) is 9.88. The monoisotopic (exact) mass is 447 g/mol. The molecular formula is C23H21N5O3S. The molecular weight excluding hydrogens is 426 g/mol. The molecule has 2 aromatic heterocycles. The number of anilines is 1. The quantitative estimate of drug-likeness (QED) is 0.343. The molecule has 8 nitrogen and oxygen atoms in total. The summed E-state index contributed by atoms with van der Waals surface area (Å²) in [5.41, 5.74) is 2.81. The molecule has 32 heavy (non-hydrogen) atoms. The highest BCUT2D eigenvalue weighted by atomic mass is 32.2. The van der Waals surface area contributed by atoms with Gasteiger partial charge in [0.15, 0.2) is 16.3 Å². The number of methoxy groups -OCH3 is 1. The van der Waals surface area contributed by atoms with Gasteiger partial charge in [-0.1, -0.05) is 53.7 Å². The van der Waals surface area contributed by atoms with Crippen LogP contribution in [0.25, 0.3) is 11.2 Å². The normalized spacial score (nSPS) is 10.8. The summed E-state index contributed by atoms with van der Waals surface area (Å²) in [6, 6.07) is 15.1. The fourth-order valence-electron chi connectivity index (χ4n) is 3.12. The Balaban J connectivity index is 1.61. The molecule has 0 atom stereocenters. The highest BCUT2D eigenvalue weighted by Crippen LogP contribution is 2.24. The number of aromatic nitrogens is 4. The average Bonchev–Trinajstić information content (AvgIpc) is 2.81. The van der Waals surface area contributed by atoms with Gasteiger partial charge in [-0.2, -0.15) is 0 Å². The zero-order valence-electron chi connectivity index (χ0n) is 17.6. The molecule has 0 fully saturated rings. The molecule has 0 aliphatic carbocycles. The van der Waals surface area contributed by atoms with Crippen LogP contribution in [0.1, 0.15) is 11.1 Å². The van der Waals surface area contributed by atoms with E-state index in [1.54, 1.807) is 19.2 Å². The summed E-state index contributed by atoms with van der Waals surface area (Å²) in [7, 11) is 1.55. The number of carbonyl (C=O) groups excluding carboxylic acids is 1. The third-order valence-corrected chi connectivity index (χ3v) is 5.71. The van der Waals surface area contributed by atoms with Crippen LogP contribution in [0.4, 0.5) is 5.69 Å². The number of benzene rings is 2. The Hall–Kier alpha value is -3.72. The zero-order valence-corrected chi connectivity index (χ0v) is 18.4. The van der Waals surface area contributed by atoms with Crippen LogP contribution in [-0.2, 0) is 11.3 Å². The van der Waals surface area contributed by atoms with E-state index in [0.717, 1.165) is 11.1 Å². The summed E-state index contributed by atoms with van der Waals surface area (Å²) in [6.45, 7) is 2.32. The second-order valence-corrected chi connectivity index (χ2v) is 7.98. The number of nitrogens with one attached hydrogen (secondary N) is 1. The van der Waals surface area contributed by atoms with E-state index < -0.39 is 0 Å². The molecule has 0 unspecified atom stereocenters. The minimum absolute atomic E-state index is 0.0597. The molecule has 0 aliphatic rings. The summed E-state index contributed by atoms with van der Waals surface area (Å²) in [5, 5.41) is 3.23. The summed E-state index contributed by atoms with van der Waals surface area (Å²) < 4.78 is 6.80. The average molecular weight is 448 g/mol. The predicted octanol–water partition coefficient (Wildman–Crippen LogP) is 3.28. The largest absolute Gasteiger partial charge is 0.495 e. The van der Waals surface area contributed by atoms with Crippen LogP contribution in [0.5, 0.6) is 5.75 Å². The van der Waals surface area contributed by atoms with E-state index >= 15 is 0 Å². The van der Waals surface area contributed by atoms with E-state index in [4.69, 9.17) is 4.74 Å². The van der Waals surface area contributed by atoms with Gasteiger partial charge in [0.2, 0.25) is 5.91 Å². The SMILES string of the molecule is COc1ccccc1NC(=O)CSc1nc2nccnc2c(=O)n1Cc1ccc(C)cc1. The summed E-state index contributed by atoms with van der Waals surface area (Å²) >= 11 is 1.17. The van der Waals surface area contributed by atoms with Crippen molar-refractivity contribution in [1.82, 2.24) is 19.5 Å². The van der Waals surface area contributed by atoms with E-state index in [0.29, 0.717) is 23.1 Å². The Morgan fingerprint density at radius 3 is 2.62 bits per heavy atom. The second kappa shape index (κ2) is 9.61. The molecule has 4 rings (SSSR count). The lowest BCUT2D eigenvalue weighted by Gasteiger charge is -2.13. The van der Waals surface area contributed by atoms with Crippen molar-refractivity contribution in [3.05, 3.63) is 82.4 Å². The van der Waals surface area contributed by atoms with Crippen molar-refractivity contribution in [3.63, 3.8) is 0 Å². The standard InChI is InChI=1S/C23H21N5O3S/c1-15-7-9-16(10-8-15)13-28-22(30)20-21(25-12-11-24-20)27-23(28)32-14-19(29)26-17-5-3-4-6-18(17)31-2/h3-12H,13-14H2,1-2H3,(H,26,29). The minimum atomic E-state index is -0.295. The molecule has 4 aromatic rings. The van der Waals surface area contributed by atoms with Gasteiger partial charge in [0.05, 0.1) is 25.1 Å². The molecule has 0 spiro atoms. The number of rotatable bonds is 7. The molecule has 0 aliphatic heterocycles. The Kier molecular flexibility index (Phi) is 6.46. The second-order valence-electron chi connectivity index (χ2n) is 7.04. The van der Waals surface area contributed by atoms with Crippen LogP contribution in [0.2, 0.25) is 0 Å². The van der Waals surface area contributed by atoms with E-state index in [2.05, 4.69) is 20.3 Å². The molecule has 2 heterocycles. The van der Waals surface area contributed by atoms with Gasteiger partial charge in [0, 0.05) is 12.4 Å². The van der Waals surface area contributed by atoms with Crippen molar-refractivity contribution in [1.29, 1.82) is 0 Å². The third kappa shape index (κ3) is 4.78. The third-order valence-electron chi connectivity index (χ3n) is 4.73. The molecule has 162 valence electrons. The lowest BCUT2D eigenvalue weighted by atomic mass is 10.1. The maximum atomic E-state index is 13.1. The number of carbonyl (C=O) groups is 1. The van der Waals surface area contributed by atoms with E-state index in [1.165, 1.54) is 28.7 Å². The Morgan fingerprint density at radius 2 is 1.84 bits per heavy atom. The number of hydrogen-bond donors (Lipinski definition) is 1. The first-order chi connectivity index (χ1) is 15.5. The predicted molar refractivity (Wildman–Crippen MR) is 124 cm³/mol. The Bertz CT molecular complexity index is 1320. The van der Waals surface area contributed by atoms with Gasteiger partial charge >= 0.3 is 0 Å². The van der Waals surface area contributed by atoms with Crippen LogP contribution < -0.4 is 15.6 Å². The Labute approximate surface area is 188 Å². The van der Waals surface area contributed by atoms with Gasteiger partial charge in [0.25, 0.3) is 5.56 Å². The summed E-state index contributed by atoms with van der Waals surface area (Å²) in [5.74, 6) is 0.389. The molecule has 9 heteroatoms. The minimum Gasteiger partial charge on any atom is -0.495 e. The highest BCUT2D eigenvalue weighted by molar-refractivity contribution is 7.99. The van der Waals surface area contributed by atoms with Crippen molar-refractivity contribution in [3.8, 4) is 5.75 Å². The molecule has 0 saturated heterocycles. The van der Waals surface area contributed by atoms with Crippen LogP contribution in [0, 0.1) is 6.92 Å². The lowest BCUT2D eigenvalue weighted by molar-refractivity contribution is -0.113. The van der Waals surface area contributed by atoms with Crippen LogP contribution >= 0.6 is 11.8 Å². The van der Waals surface area contributed by atoms with Crippen molar-refractivity contribution < 1.29 is 9.53 Å². The number of nitrogens with zero attached hydrogens (tertiary/aromatic N) is 4. The fraction of sp³-hybridized carbons (Fsp3) is 0.174. The van der Waals surface area contributed by atoms with Gasteiger partial charge in [0.1, 0.15) is 5.75 Å². The van der Waals surface area contributed by atoms with Gasteiger partial charge in [-0.3, -0.25) is 14.2 Å². The number of fused-ring (bicyclic) bond motifs is 1. The summed E-state index contributed by atoms with van der Waals surface area (Å²) in [6.07, 6.45) is 2.96. The number of thioether (sulfide) groups is 1. The molecule has 0 bridgehead atoms. The number of aryl methyl sites for hydroxylation is 1. The lowest BCUT2D eigenvalue weighted by Crippen LogP contribution is -2.26. The van der Waals surface area contributed by atoms with Gasteiger partial charge in [-0.05, 0) is 24.6 Å². The van der Waals surface area contributed by atoms with Crippen LogP contribution in [0.3, 0.4) is 0 Å². The highest BCUT2D eigenvalue weighted by Gasteiger charge is 2.16. The van der Waals surface area contributed by atoms with Crippen molar-refractivity contribution in [2.24, 2.45) is 0 Å². The van der Waals surface area contributed by atoms with Crippen molar-refractivity contribution in [2.75, 3.05) is 18.2 Å². The molecule has 0 radical (unpaired) electrons. The number of para-hydroxylation sites is 2. The number of ether oxygens (including phenoxy) is 1. The Morgan fingerprint density at radius 1 is 1.09 bits per heavy atom. The van der Waals surface area contributed by atoms with Gasteiger partial charge in [-0.15, -0.1) is 0 Å². The summed E-state index contributed by atoms with van der Waals surface area (Å²) in [4.78, 5) is 38.5. The molecule has 2 aromatic carbocycles. The van der Waals surface area contributed by atoms with Crippen molar-refractivity contribution in [2.45, 2.75) is 18.6 Å². The fourth-order valence-corrected chi connectivity index (χ4v) is 3.91. The van der Waals surface area contributed by atoms with Crippen molar-refractivity contribution >= 4 is 34.5 Å². The van der Waals surface area contributed by atoms with Crippen LogP contribution in [0.15, 0.2) is 70.9 Å². The first-order valence-corrected chi connectivity index (χ1v) is 10.9. The first kappa shape index (κ1) is 21.5. The van der Waals surface area contributed by atoms with Gasteiger partial charge < -0.3 is 10.1 Å². The molecule has 1 amide bonds. The number of amides is 1.